The summed E-state index contributed by atoms with van der Waals surface area (Å²) in [5, 5.41) is 0. The number of alkyl halides is 1. The van der Waals surface area contributed by atoms with Crippen LogP contribution in [0.5, 0.6) is 0 Å². The van der Waals surface area contributed by atoms with Gasteiger partial charge in [-0.2, -0.15) is 0 Å². The molecule has 0 radical (unpaired) electrons. The Labute approximate surface area is 67.9 Å². The molecule has 10 heavy (non-hydrogen) atoms. The third-order valence-electron chi connectivity index (χ3n) is 2.43. The van der Waals surface area contributed by atoms with Gasteiger partial charge >= 0.3 is 0 Å². The number of halogens is 1. The van der Waals surface area contributed by atoms with Gasteiger partial charge in [-0.15, -0.1) is 11.6 Å². The molecule has 1 aliphatic carbocycles. The molecule has 2 heteroatoms. The van der Waals surface area contributed by atoms with Crippen LogP contribution in [-0.4, -0.2) is 11.9 Å². The van der Waals surface area contributed by atoms with Gasteiger partial charge < -0.3 is 5.73 Å². The van der Waals surface area contributed by atoms with Crippen molar-refractivity contribution in [1.29, 1.82) is 0 Å². The summed E-state index contributed by atoms with van der Waals surface area (Å²) in [4.78, 5) is 0. The molecule has 60 valence electrons. The number of hydrogen-bond acceptors (Lipinski definition) is 1. The summed E-state index contributed by atoms with van der Waals surface area (Å²) in [5.74, 6) is 1.34. The van der Waals surface area contributed by atoms with Crippen molar-refractivity contribution < 1.29 is 0 Å². The van der Waals surface area contributed by atoms with E-state index in [2.05, 4.69) is 0 Å². The van der Waals surface area contributed by atoms with Crippen molar-refractivity contribution in [3.05, 3.63) is 0 Å². The summed E-state index contributed by atoms with van der Waals surface area (Å²) < 4.78 is 0. The first-order valence-electron chi connectivity index (χ1n) is 4.16. The van der Waals surface area contributed by atoms with E-state index < -0.39 is 0 Å². The molecule has 1 saturated carbocycles. The summed E-state index contributed by atoms with van der Waals surface area (Å²) in [5.41, 5.74) is 5.82. The summed E-state index contributed by atoms with van der Waals surface area (Å²) >= 11 is 5.66. The Kier molecular flexibility index (Phi) is 3.50. The van der Waals surface area contributed by atoms with Crippen molar-refractivity contribution in [3.8, 4) is 0 Å². The molecule has 0 aromatic rings. The van der Waals surface area contributed by atoms with Crippen LogP contribution in [0.4, 0.5) is 0 Å². The van der Waals surface area contributed by atoms with Gasteiger partial charge in [-0.1, -0.05) is 19.3 Å². The van der Waals surface area contributed by atoms with Gasteiger partial charge in [0.05, 0.1) is 0 Å². The third-order valence-corrected chi connectivity index (χ3v) is 2.79. The minimum atomic E-state index is 0.252. The molecule has 0 saturated heterocycles. The van der Waals surface area contributed by atoms with E-state index in [1.165, 1.54) is 32.1 Å². The third kappa shape index (κ3) is 2.14. The Hall–Kier alpha value is 0.250. The largest absolute Gasteiger partial charge is 0.326 e. The molecule has 0 spiro atoms. The second kappa shape index (κ2) is 4.20. The van der Waals surface area contributed by atoms with Crippen LogP contribution < -0.4 is 5.73 Å². The molecule has 0 aliphatic heterocycles. The molecular formula is C8H16ClN. The maximum absolute atomic E-state index is 5.82. The minimum Gasteiger partial charge on any atom is -0.326 e. The second-order valence-electron chi connectivity index (χ2n) is 3.22. The fraction of sp³-hybridized carbons (Fsp3) is 1.00. The van der Waals surface area contributed by atoms with Crippen molar-refractivity contribution in [3.63, 3.8) is 0 Å². The fourth-order valence-corrected chi connectivity index (χ4v) is 1.94. The molecule has 1 aliphatic rings. The van der Waals surface area contributed by atoms with E-state index in [1.807, 2.05) is 0 Å². The molecule has 1 atom stereocenters. The minimum absolute atomic E-state index is 0.252. The summed E-state index contributed by atoms with van der Waals surface area (Å²) in [6, 6.07) is 0.252. The Bertz CT molecular complexity index is 89.3. The lowest BCUT2D eigenvalue weighted by molar-refractivity contribution is 0.318. The Morgan fingerprint density at radius 1 is 1.30 bits per heavy atom. The van der Waals surface area contributed by atoms with Crippen molar-refractivity contribution >= 4 is 11.6 Å². The van der Waals surface area contributed by atoms with E-state index in [4.69, 9.17) is 17.3 Å². The zero-order valence-electron chi connectivity index (χ0n) is 6.35. The van der Waals surface area contributed by atoms with Crippen LogP contribution in [0.15, 0.2) is 0 Å². The van der Waals surface area contributed by atoms with Crippen LogP contribution in [0.25, 0.3) is 0 Å². The van der Waals surface area contributed by atoms with Gasteiger partial charge in [0.25, 0.3) is 0 Å². The lowest BCUT2D eigenvalue weighted by Gasteiger charge is -2.25. The van der Waals surface area contributed by atoms with E-state index in [0.717, 1.165) is 0 Å². The second-order valence-corrected chi connectivity index (χ2v) is 3.52. The highest BCUT2D eigenvalue weighted by molar-refractivity contribution is 6.18. The first-order chi connectivity index (χ1) is 4.84. The molecule has 0 aromatic heterocycles. The Morgan fingerprint density at radius 2 is 1.90 bits per heavy atom. The zero-order chi connectivity index (χ0) is 7.40. The predicted molar refractivity (Wildman–Crippen MR) is 45.3 cm³/mol. The summed E-state index contributed by atoms with van der Waals surface area (Å²) in [6.07, 6.45) is 6.71. The molecule has 0 bridgehead atoms. The zero-order valence-corrected chi connectivity index (χ0v) is 7.11. The molecule has 1 unspecified atom stereocenters. The SMILES string of the molecule is NC(CCl)C1CCCCC1. The van der Waals surface area contributed by atoms with E-state index >= 15 is 0 Å². The Morgan fingerprint density at radius 3 is 2.40 bits per heavy atom. The molecule has 0 amide bonds. The van der Waals surface area contributed by atoms with Crippen LogP contribution in [0.3, 0.4) is 0 Å². The highest BCUT2D eigenvalue weighted by Gasteiger charge is 2.18. The van der Waals surface area contributed by atoms with Gasteiger partial charge in [0, 0.05) is 11.9 Å². The first kappa shape index (κ1) is 8.35. The quantitative estimate of drug-likeness (QED) is 0.617. The molecule has 0 heterocycles. The molecule has 1 nitrogen and oxygen atoms in total. The molecule has 1 fully saturated rings. The van der Waals surface area contributed by atoms with Crippen LogP contribution in [0, 0.1) is 5.92 Å². The number of rotatable bonds is 2. The van der Waals surface area contributed by atoms with E-state index in [0.29, 0.717) is 11.8 Å². The first-order valence-corrected chi connectivity index (χ1v) is 4.69. The number of hydrogen-bond donors (Lipinski definition) is 1. The standard InChI is InChI=1S/C8H16ClN/c9-6-8(10)7-4-2-1-3-5-7/h7-8H,1-6,10H2. The molecule has 2 N–H and O–H groups in total. The molecule has 0 aromatic carbocycles. The topological polar surface area (TPSA) is 26.0 Å². The average molecular weight is 162 g/mol. The maximum Gasteiger partial charge on any atom is 0.0377 e. The van der Waals surface area contributed by atoms with Gasteiger partial charge in [-0.3, -0.25) is 0 Å². The normalized spacial score (nSPS) is 24.6. The van der Waals surface area contributed by atoms with Crippen molar-refractivity contribution in [2.75, 3.05) is 5.88 Å². The van der Waals surface area contributed by atoms with Crippen molar-refractivity contribution in [2.45, 2.75) is 38.1 Å². The highest BCUT2D eigenvalue weighted by atomic mass is 35.5. The van der Waals surface area contributed by atoms with Crippen molar-refractivity contribution in [2.24, 2.45) is 11.7 Å². The van der Waals surface area contributed by atoms with Crippen LogP contribution >= 0.6 is 11.6 Å². The predicted octanol–water partition coefficient (Wildman–Crippen LogP) is 2.13. The maximum atomic E-state index is 5.82. The highest BCUT2D eigenvalue weighted by Crippen LogP contribution is 2.25. The van der Waals surface area contributed by atoms with E-state index in [9.17, 15) is 0 Å². The van der Waals surface area contributed by atoms with Gasteiger partial charge in [0.1, 0.15) is 0 Å². The number of nitrogens with two attached hydrogens (primary N) is 1. The monoisotopic (exact) mass is 161 g/mol. The van der Waals surface area contributed by atoms with E-state index in [-0.39, 0.29) is 6.04 Å². The lowest BCUT2D eigenvalue weighted by Crippen LogP contribution is -2.32. The van der Waals surface area contributed by atoms with Gasteiger partial charge in [0.15, 0.2) is 0 Å². The van der Waals surface area contributed by atoms with Crippen molar-refractivity contribution in [1.82, 2.24) is 0 Å². The van der Waals surface area contributed by atoms with Gasteiger partial charge in [-0.05, 0) is 18.8 Å². The smallest absolute Gasteiger partial charge is 0.0377 e. The molecular weight excluding hydrogens is 146 g/mol. The molecule has 1 rings (SSSR count). The van der Waals surface area contributed by atoms with Gasteiger partial charge in [0.2, 0.25) is 0 Å². The Balaban J connectivity index is 2.24. The van der Waals surface area contributed by atoms with Gasteiger partial charge in [-0.25, -0.2) is 0 Å². The van der Waals surface area contributed by atoms with Crippen LogP contribution in [-0.2, 0) is 0 Å². The summed E-state index contributed by atoms with van der Waals surface area (Å²) in [6.45, 7) is 0. The van der Waals surface area contributed by atoms with E-state index in [1.54, 1.807) is 0 Å². The fourth-order valence-electron chi connectivity index (χ4n) is 1.69. The summed E-state index contributed by atoms with van der Waals surface area (Å²) in [7, 11) is 0. The lowest BCUT2D eigenvalue weighted by atomic mass is 9.85. The van der Waals surface area contributed by atoms with Crippen LogP contribution in [0.2, 0.25) is 0 Å². The average Bonchev–Trinajstić information content (AvgIpc) is 2.05. The van der Waals surface area contributed by atoms with Crippen LogP contribution in [0.1, 0.15) is 32.1 Å².